The van der Waals surface area contributed by atoms with Crippen LogP contribution in [0.2, 0.25) is 0 Å². The van der Waals surface area contributed by atoms with Crippen LogP contribution in [0.4, 0.5) is 0 Å². The fourth-order valence-corrected chi connectivity index (χ4v) is 1.73. The highest BCUT2D eigenvalue weighted by molar-refractivity contribution is 5.73. The first-order chi connectivity index (χ1) is 8.63. The molecule has 100 valence electrons. The van der Waals surface area contributed by atoms with E-state index in [0.29, 0.717) is 13.1 Å². The molecule has 0 bridgehead atoms. The quantitative estimate of drug-likeness (QED) is 0.709. The van der Waals surface area contributed by atoms with Crippen LogP contribution in [-0.4, -0.2) is 53.7 Å². The zero-order chi connectivity index (χ0) is 13.4. The maximum atomic E-state index is 11.0. The Bertz CT molecular complexity index is 357. The molecule has 1 aromatic heterocycles. The number of carboxylic acids is 1. The van der Waals surface area contributed by atoms with Crippen molar-refractivity contribution in [3.63, 3.8) is 0 Å². The number of aliphatic carboxylic acids is 1. The number of carboxylic acid groups (broad SMARTS) is 1. The molecule has 0 aliphatic carbocycles. The van der Waals surface area contributed by atoms with Crippen molar-refractivity contribution < 1.29 is 9.90 Å². The van der Waals surface area contributed by atoms with Crippen LogP contribution in [0.1, 0.15) is 12.6 Å². The molecule has 0 aromatic carbocycles. The maximum Gasteiger partial charge on any atom is 0.322 e. The second-order valence-electron chi connectivity index (χ2n) is 4.28. The Morgan fingerprint density at radius 1 is 1.56 bits per heavy atom. The van der Waals surface area contributed by atoms with Gasteiger partial charge in [0.1, 0.15) is 6.04 Å². The molecule has 2 N–H and O–H groups in total. The molecule has 0 aliphatic rings. The van der Waals surface area contributed by atoms with E-state index >= 15 is 0 Å². The Morgan fingerprint density at radius 2 is 2.33 bits per heavy atom. The van der Waals surface area contributed by atoms with Gasteiger partial charge < -0.3 is 15.3 Å². The highest BCUT2D eigenvalue weighted by Crippen LogP contribution is 1.97. The van der Waals surface area contributed by atoms with Crippen LogP contribution >= 0.6 is 0 Å². The van der Waals surface area contributed by atoms with Crippen molar-refractivity contribution >= 4 is 5.97 Å². The van der Waals surface area contributed by atoms with E-state index in [0.717, 1.165) is 18.7 Å². The molecule has 0 spiro atoms. The lowest BCUT2D eigenvalue weighted by atomic mass is 10.2. The molecule has 5 nitrogen and oxygen atoms in total. The van der Waals surface area contributed by atoms with Gasteiger partial charge in [-0.3, -0.25) is 9.78 Å². The molecule has 1 atom stereocenters. The van der Waals surface area contributed by atoms with Crippen LogP contribution < -0.4 is 5.32 Å². The van der Waals surface area contributed by atoms with Crippen molar-refractivity contribution in [3.05, 3.63) is 30.1 Å². The van der Waals surface area contributed by atoms with Crippen molar-refractivity contribution in [1.29, 1.82) is 0 Å². The Kier molecular flexibility index (Phi) is 6.32. The SMILES string of the molecule is CCNC(CN(C)CCc1ccccn1)C(=O)O. The summed E-state index contributed by atoms with van der Waals surface area (Å²) in [5.41, 5.74) is 1.03. The number of hydrogen-bond acceptors (Lipinski definition) is 4. The third kappa shape index (κ3) is 5.25. The highest BCUT2D eigenvalue weighted by atomic mass is 16.4. The molecule has 1 unspecified atom stereocenters. The summed E-state index contributed by atoms with van der Waals surface area (Å²) in [5.74, 6) is -0.804. The third-order valence-corrected chi connectivity index (χ3v) is 2.72. The number of nitrogens with zero attached hydrogens (tertiary/aromatic N) is 2. The fraction of sp³-hybridized carbons (Fsp3) is 0.538. The summed E-state index contributed by atoms with van der Waals surface area (Å²) < 4.78 is 0. The van der Waals surface area contributed by atoms with Gasteiger partial charge in [0.25, 0.3) is 0 Å². The number of aromatic nitrogens is 1. The van der Waals surface area contributed by atoms with Crippen molar-refractivity contribution in [3.8, 4) is 0 Å². The molecule has 5 heteroatoms. The van der Waals surface area contributed by atoms with Gasteiger partial charge in [-0.2, -0.15) is 0 Å². The van der Waals surface area contributed by atoms with E-state index in [1.807, 2.05) is 37.1 Å². The first kappa shape index (κ1) is 14.6. The van der Waals surface area contributed by atoms with E-state index in [-0.39, 0.29) is 0 Å². The lowest BCUT2D eigenvalue weighted by molar-refractivity contribution is -0.139. The van der Waals surface area contributed by atoms with Gasteiger partial charge in [0.15, 0.2) is 0 Å². The minimum absolute atomic E-state index is 0.496. The monoisotopic (exact) mass is 251 g/mol. The number of rotatable bonds is 8. The predicted molar refractivity (Wildman–Crippen MR) is 70.5 cm³/mol. The van der Waals surface area contributed by atoms with Gasteiger partial charge in [0.05, 0.1) is 0 Å². The molecule has 1 aromatic rings. The molecule has 0 aliphatic heterocycles. The Morgan fingerprint density at radius 3 is 2.89 bits per heavy atom. The molecule has 0 amide bonds. The molecule has 1 heterocycles. The predicted octanol–water partition coefficient (Wildman–Crippen LogP) is 0.619. The van der Waals surface area contributed by atoms with Gasteiger partial charge >= 0.3 is 5.97 Å². The Balaban J connectivity index is 2.36. The zero-order valence-electron chi connectivity index (χ0n) is 11.0. The third-order valence-electron chi connectivity index (χ3n) is 2.72. The normalized spacial score (nSPS) is 12.6. The van der Waals surface area contributed by atoms with Crippen molar-refractivity contribution in [1.82, 2.24) is 15.2 Å². The van der Waals surface area contributed by atoms with Crippen LogP contribution in [0.5, 0.6) is 0 Å². The molecule has 0 radical (unpaired) electrons. The summed E-state index contributed by atoms with van der Waals surface area (Å²) in [6.45, 7) is 3.86. The van der Waals surface area contributed by atoms with Crippen molar-refractivity contribution in [2.75, 3.05) is 26.7 Å². The van der Waals surface area contributed by atoms with Gasteiger partial charge in [-0.25, -0.2) is 0 Å². The number of pyridine rings is 1. The average Bonchev–Trinajstić information content (AvgIpc) is 2.37. The van der Waals surface area contributed by atoms with E-state index < -0.39 is 12.0 Å². The summed E-state index contributed by atoms with van der Waals surface area (Å²) in [7, 11) is 1.93. The van der Waals surface area contributed by atoms with Crippen LogP contribution in [0.15, 0.2) is 24.4 Å². The van der Waals surface area contributed by atoms with Gasteiger partial charge in [-0.15, -0.1) is 0 Å². The zero-order valence-corrected chi connectivity index (χ0v) is 11.0. The van der Waals surface area contributed by atoms with E-state index in [1.165, 1.54) is 0 Å². The first-order valence-corrected chi connectivity index (χ1v) is 6.18. The summed E-state index contributed by atoms with van der Waals surface area (Å²) in [4.78, 5) is 17.3. The topological polar surface area (TPSA) is 65.5 Å². The lowest BCUT2D eigenvalue weighted by Gasteiger charge is -2.21. The highest BCUT2D eigenvalue weighted by Gasteiger charge is 2.17. The smallest absolute Gasteiger partial charge is 0.322 e. The van der Waals surface area contributed by atoms with Crippen molar-refractivity contribution in [2.24, 2.45) is 0 Å². The Labute approximate surface area is 108 Å². The van der Waals surface area contributed by atoms with Crippen molar-refractivity contribution in [2.45, 2.75) is 19.4 Å². The summed E-state index contributed by atoms with van der Waals surface area (Å²) in [6, 6.07) is 5.32. The molecule has 0 saturated carbocycles. The molecule has 0 fully saturated rings. The summed E-state index contributed by atoms with van der Waals surface area (Å²) in [6.07, 6.45) is 2.60. The molecule has 18 heavy (non-hydrogen) atoms. The number of carbonyl (C=O) groups is 1. The lowest BCUT2D eigenvalue weighted by Crippen LogP contribution is -2.45. The minimum Gasteiger partial charge on any atom is -0.480 e. The maximum absolute atomic E-state index is 11.0. The van der Waals surface area contributed by atoms with Gasteiger partial charge in [0.2, 0.25) is 0 Å². The van der Waals surface area contributed by atoms with Gasteiger partial charge in [0, 0.05) is 31.4 Å². The average molecular weight is 251 g/mol. The molecule has 1 rings (SSSR count). The van der Waals surface area contributed by atoms with E-state index in [2.05, 4.69) is 10.3 Å². The summed E-state index contributed by atoms with van der Waals surface area (Å²) in [5, 5.41) is 12.0. The largest absolute Gasteiger partial charge is 0.480 e. The summed E-state index contributed by atoms with van der Waals surface area (Å²) >= 11 is 0. The van der Waals surface area contributed by atoms with Gasteiger partial charge in [-0.1, -0.05) is 13.0 Å². The molecular formula is C13H21N3O2. The van der Waals surface area contributed by atoms with E-state index in [9.17, 15) is 4.79 Å². The van der Waals surface area contributed by atoms with Crippen LogP contribution in [0, 0.1) is 0 Å². The van der Waals surface area contributed by atoms with E-state index in [1.54, 1.807) is 6.20 Å². The second-order valence-corrected chi connectivity index (χ2v) is 4.28. The number of hydrogen-bond donors (Lipinski definition) is 2. The van der Waals surface area contributed by atoms with E-state index in [4.69, 9.17) is 5.11 Å². The standard InChI is InChI=1S/C13H21N3O2/c1-3-14-12(13(17)18)10-16(2)9-7-11-6-4-5-8-15-11/h4-6,8,12,14H,3,7,9-10H2,1-2H3,(H,17,18). The van der Waals surface area contributed by atoms with Crippen LogP contribution in [0.25, 0.3) is 0 Å². The molecular weight excluding hydrogens is 230 g/mol. The van der Waals surface area contributed by atoms with Crippen LogP contribution in [-0.2, 0) is 11.2 Å². The fourth-order valence-electron chi connectivity index (χ4n) is 1.73. The minimum atomic E-state index is -0.804. The van der Waals surface area contributed by atoms with Gasteiger partial charge in [-0.05, 0) is 25.7 Å². The Hall–Kier alpha value is -1.46. The second kappa shape index (κ2) is 7.79. The number of likely N-dealkylation sites (N-methyl/N-ethyl adjacent to an activating group) is 2. The first-order valence-electron chi connectivity index (χ1n) is 6.18. The molecule has 0 saturated heterocycles. The number of nitrogens with one attached hydrogen (secondary N) is 1. The van der Waals surface area contributed by atoms with Crippen LogP contribution in [0.3, 0.4) is 0 Å².